The fraction of sp³-hybridized carbons (Fsp3) is 0.806. The van der Waals surface area contributed by atoms with Gasteiger partial charge in [0.1, 0.15) is 97.3 Å². The van der Waals surface area contributed by atoms with Crippen LogP contribution in [0.5, 0.6) is 5.75 Å². The maximum atomic E-state index is 10.9. The smallest absolute Gasteiger partial charge is 0.269 e. The largest absolute Gasteiger partial charge is 0.462 e. The molecule has 1 aromatic carbocycles. The third kappa shape index (κ3) is 9.35. The Labute approximate surface area is 310 Å². The van der Waals surface area contributed by atoms with Crippen LogP contribution < -0.4 is 4.74 Å². The van der Waals surface area contributed by atoms with Crippen molar-refractivity contribution in [1.29, 1.82) is 0 Å². The number of aliphatic hydroxyl groups is 11. The molecule has 24 heteroatoms. The van der Waals surface area contributed by atoms with E-state index in [0.717, 1.165) is 0 Å². The quantitative estimate of drug-likeness (QED) is 0.0732. The molecule has 0 aliphatic carbocycles. The van der Waals surface area contributed by atoms with Crippen molar-refractivity contribution in [2.24, 2.45) is 0 Å². The van der Waals surface area contributed by atoms with Gasteiger partial charge in [0.2, 0.25) is 6.29 Å². The number of non-ortho nitro benzene ring substituents is 1. The summed E-state index contributed by atoms with van der Waals surface area (Å²) in [5.41, 5.74) is -0.191. The highest BCUT2D eigenvalue weighted by Gasteiger charge is 2.50. The van der Waals surface area contributed by atoms with Crippen molar-refractivity contribution in [3.63, 3.8) is 0 Å². The lowest BCUT2D eigenvalue weighted by Crippen LogP contribution is -2.63. The number of nitro benzene ring substituents is 1. The molecule has 1 aromatic rings. The Morgan fingerprint density at radius 2 is 0.764 bits per heavy atom. The van der Waals surface area contributed by atoms with E-state index in [0.29, 0.717) is 0 Å². The number of rotatable bonds is 11. The van der Waals surface area contributed by atoms with E-state index in [2.05, 4.69) is 0 Å². The van der Waals surface area contributed by atoms with E-state index in [1.54, 1.807) is 0 Å². The van der Waals surface area contributed by atoms with E-state index in [-0.39, 0.29) is 24.7 Å². The van der Waals surface area contributed by atoms with E-state index in [1.165, 1.54) is 24.3 Å². The topological polar surface area (TPSA) is 358 Å². The van der Waals surface area contributed by atoms with Crippen molar-refractivity contribution in [3.8, 4) is 5.75 Å². The van der Waals surface area contributed by atoms with Gasteiger partial charge < -0.3 is 104 Å². The van der Waals surface area contributed by atoms with E-state index >= 15 is 0 Å². The van der Waals surface area contributed by atoms with E-state index in [4.69, 9.17) is 47.4 Å². The Morgan fingerprint density at radius 3 is 1.13 bits per heavy atom. The first kappa shape index (κ1) is 42.2. The number of nitro groups is 1. The minimum atomic E-state index is -1.82. The van der Waals surface area contributed by atoms with Crippen molar-refractivity contribution in [3.05, 3.63) is 34.4 Å². The second kappa shape index (κ2) is 18.0. The van der Waals surface area contributed by atoms with Gasteiger partial charge in [-0.2, -0.15) is 0 Å². The maximum absolute atomic E-state index is 10.9. The summed E-state index contributed by atoms with van der Waals surface area (Å²) in [4.78, 5) is 10.3. The van der Waals surface area contributed by atoms with Crippen molar-refractivity contribution < 1.29 is 108 Å². The Morgan fingerprint density at radius 1 is 0.455 bits per heavy atom. The van der Waals surface area contributed by atoms with Crippen LogP contribution in [0.4, 0.5) is 5.69 Å². The Balaban J connectivity index is 0.940. The molecular formula is C31H45NO23. The summed E-state index contributed by atoms with van der Waals surface area (Å²) in [6.07, 6.45) is -31.2. The highest BCUT2D eigenvalue weighted by Crippen LogP contribution is 2.31. The summed E-state index contributed by atoms with van der Waals surface area (Å²) in [7, 11) is 0. The average Bonchev–Trinajstić information content (AvgIpc) is 3.17. The molecule has 0 saturated carbocycles. The molecule has 312 valence electrons. The predicted molar refractivity (Wildman–Crippen MR) is 168 cm³/mol. The molecule has 20 atom stereocenters. The molecule has 24 nitrogen and oxygen atoms in total. The fourth-order valence-corrected chi connectivity index (χ4v) is 6.38. The molecule has 0 amide bonds. The van der Waals surface area contributed by atoms with Gasteiger partial charge in [-0.3, -0.25) is 10.1 Å². The van der Waals surface area contributed by atoms with Gasteiger partial charge in [0, 0.05) is 12.1 Å². The van der Waals surface area contributed by atoms with Crippen molar-refractivity contribution >= 4 is 5.69 Å². The van der Waals surface area contributed by atoms with Crippen molar-refractivity contribution in [1.82, 2.24) is 0 Å². The lowest BCUT2D eigenvalue weighted by molar-refractivity contribution is -0.384. The molecule has 11 N–H and O–H groups in total. The van der Waals surface area contributed by atoms with Gasteiger partial charge in [0.15, 0.2) is 25.2 Å². The SMILES string of the molecule is O=[N+]([O-])c1ccc(O[C@@H]2OC[C@@H](O[C@@H]3OC[C@@H](O[C@@H]4OC[C@@H](O[C@@H]5OC[C@@H](O[C@@H]6OC[C@@H](O)[C@H](O)[C@H]6O)[C@H](O)[C@H]5O)[C@H](O)[C@H]4O)[C@H](O)[C@H]3O)[C@H](O)[C@H]2O)cc1. The van der Waals surface area contributed by atoms with Gasteiger partial charge in [-0.15, -0.1) is 0 Å². The van der Waals surface area contributed by atoms with Crippen LogP contribution in [-0.2, 0) is 42.6 Å². The predicted octanol–water partition coefficient (Wildman–Crippen LogP) is -6.73. The first-order chi connectivity index (χ1) is 26.1. The standard InChI is InChI=1S/C31H45NO23/c33-12-5-46-28(22(39)17(12)34)52-14-7-48-30(24(41)19(14)36)54-16-9-50-31(26(43)21(16)38)55-15-8-49-29(25(42)20(15)37)53-13-6-47-27(23(40)18(13)35)51-11-3-1-10(2-4-11)32(44)45/h1-4,12-31,33-43H,5-9H2/t12-,13-,14-,15-,16-,17+,18+,19+,20+,21+,22-,23-,24-,25-,26-,27+,28+,29+,30+,31+/m1/s1. The molecule has 55 heavy (non-hydrogen) atoms. The molecule has 5 aliphatic heterocycles. The Bertz CT molecular complexity index is 1400. The maximum Gasteiger partial charge on any atom is 0.269 e. The van der Waals surface area contributed by atoms with Crippen LogP contribution in [0.1, 0.15) is 0 Å². The number of aliphatic hydroxyl groups excluding tert-OH is 11. The van der Waals surface area contributed by atoms with E-state index in [9.17, 15) is 66.3 Å². The number of hydrogen-bond donors (Lipinski definition) is 11. The Kier molecular flexibility index (Phi) is 13.9. The first-order valence-corrected chi connectivity index (χ1v) is 17.2. The molecule has 5 saturated heterocycles. The molecular weight excluding hydrogens is 754 g/mol. The normalized spacial score (nSPS) is 46.9. The van der Waals surface area contributed by atoms with Crippen LogP contribution in [0.3, 0.4) is 0 Å². The zero-order valence-corrected chi connectivity index (χ0v) is 28.7. The van der Waals surface area contributed by atoms with Gasteiger partial charge in [-0.25, -0.2) is 0 Å². The van der Waals surface area contributed by atoms with Gasteiger partial charge in [-0.05, 0) is 12.1 Å². The molecule has 0 spiro atoms. The molecule has 0 unspecified atom stereocenters. The first-order valence-electron chi connectivity index (χ1n) is 17.2. The zero-order chi connectivity index (χ0) is 39.7. The summed E-state index contributed by atoms with van der Waals surface area (Å²) in [5, 5.41) is 126. The van der Waals surface area contributed by atoms with E-state index in [1.807, 2.05) is 0 Å². The third-order valence-electron chi connectivity index (χ3n) is 9.73. The second-order valence-electron chi connectivity index (χ2n) is 13.5. The van der Waals surface area contributed by atoms with Gasteiger partial charge in [-0.1, -0.05) is 0 Å². The second-order valence-corrected chi connectivity index (χ2v) is 13.5. The van der Waals surface area contributed by atoms with Crippen LogP contribution >= 0.6 is 0 Å². The lowest BCUT2D eigenvalue weighted by atomic mass is 10.0. The molecule has 5 aliphatic rings. The van der Waals surface area contributed by atoms with Crippen LogP contribution in [-0.4, -0.2) is 217 Å². The summed E-state index contributed by atoms with van der Waals surface area (Å²) in [6.45, 7) is -2.05. The highest BCUT2D eigenvalue weighted by molar-refractivity contribution is 5.36. The van der Waals surface area contributed by atoms with Crippen LogP contribution in [0.15, 0.2) is 24.3 Å². The summed E-state index contributed by atoms with van der Waals surface area (Å²) >= 11 is 0. The molecule has 6 rings (SSSR count). The van der Waals surface area contributed by atoms with Gasteiger partial charge in [0.25, 0.3) is 5.69 Å². The molecule has 5 heterocycles. The Hall–Kier alpha value is -2.38. The zero-order valence-electron chi connectivity index (χ0n) is 28.7. The lowest BCUT2D eigenvalue weighted by Gasteiger charge is -2.45. The highest BCUT2D eigenvalue weighted by atomic mass is 16.8. The van der Waals surface area contributed by atoms with Crippen molar-refractivity contribution in [2.75, 3.05) is 33.0 Å². The van der Waals surface area contributed by atoms with E-state index < -0.39 is 148 Å². The number of hydrogen-bond acceptors (Lipinski definition) is 23. The summed E-state index contributed by atoms with van der Waals surface area (Å²) in [6, 6.07) is 4.91. The summed E-state index contributed by atoms with van der Waals surface area (Å²) < 4.78 is 54.7. The van der Waals surface area contributed by atoms with Crippen molar-refractivity contribution in [2.45, 2.75) is 123 Å². The molecule has 5 fully saturated rings. The van der Waals surface area contributed by atoms with Gasteiger partial charge in [0.05, 0.1) is 38.0 Å². The minimum absolute atomic E-state index is 0.112. The summed E-state index contributed by atoms with van der Waals surface area (Å²) in [5.74, 6) is 0.112. The van der Waals surface area contributed by atoms with Crippen LogP contribution in [0, 0.1) is 10.1 Å². The number of nitrogens with zero attached hydrogens (tertiary/aromatic N) is 1. The van der Waals surface area contributed by atoms with Crippen LogP contribution in [0.25, 0.3) is 0 Å². The monoisotopic (exact) mass is 799 g/mol. The number of benzene rings is 1. The third-order valence-corrected chi connectivity index (χ3v) is 9.73. The molecule has 0 bridgehead atoms. The fourth-order valence-electron chi connectivity index (χ4n) is 6.38. The number of ether oxygens (including phenoxy) is 10. The molecule has 0 radical (unpaired) electrons. The van der Waals surface area contributed by atoms with Gasteiger partial charge >= 0.3 is 0 Å². The minimum Gasteiger partial charge on any atom is -0.462 e. The van der Waals surface area contributed by atoms with Crippen LogP contribution in [0.2, 0.25) is 0 Å². The molecule has 0 aromatic heterocycles. The average molecular weight is 800 g/mol.